The van der Waals surface area contributed by atoms with E-state index in [1.54, 1.807) is 18.2 Å². The number of likely N-dealkylation sites (N-methyl/N-ethyl adjacent to an activating group) is 1. The summed E-state index contributed by atoms with van der Waals surface area (Å²) in [6.07, 6.45) is 2.52. The van der Waals surface area contributed by atoms with Gasteiger partial charge in [0.05, 0.1) is 0 Å². The zero-order valence-electron chi connectivity index (χ0n) is 14.2. The summed E-state index contributed by atoms with van der Waals surface area (Å²) in [5.74, 6) is 0.160. The van der Waals surface area contributed by atoms with Crippen LogP contribution in [0.15, 0.2) is 24.3 Å². The SMILES string of the molecule is CN(C)[C@H]1CCCN(C(=O)NCCc2ccccc2OC(F)F)C1. The number of para-hydroxylation sites is 1. The molecule has 134 valence electrons. The summed E-state index contributed by atoms with van der Waals surface area (Å²) in [7, 11) is 4.04. The van der Waals surface area contributed by atoms with E-state index in [1.807, 2.05) is 19.0 Å². The summed E-state index contributed by atoms with van der Waals surface area (Å²) >= 11 is 0. The van der Waals surface area contributed by atoms with Crippen LogP contribution in [0.5, 0.6) is 5.75 Å². The first kappa shape index (κ1) is 18.4. The van der Waals surface area contributed by atoms with Gasteiger partial charge in [0.2, 0.25) is 0 Å². The number of nitrogens with one attached hydrogen (secondary N) is 1. The van der Waals surface area contributed by atoms with Gasteiger partial charge >= 0.3 is 12.6 Å². The van der Waals surface area contributed by atoms with Crippen molar-refractivity contribution < 1.29 is 18.3 Å². The standard InChI is InChI=1S/C17H25F2N3O2/c1-21(2)14-7-5-11-22(12-14)17(23)20-10-9-13-6-3-4-8-15(13)24-16(18)19/h3-4,6,8,14,16H,5,7,9-12H2,1-2H3,(H,20,23)/t14-/m0/s1. The molecule has 1 heterocycles. The van der Waals surface area contributed by atoms with E-state index >= 15 is 0 Å². The minimum Gasteiger partial charge on any atom is -0.435 e. The Kier molecular flexibility index (Phi) is 6.78. The molecule has 1 aromatic carbocycles. The maximum absolute atomic E-state index is 12.4. The Morgan fingerprint density at radius 2 is 2.17 bits per heavy atom. The lowest BCUT2D eigenvalue weighted by Gasteiger charge is -2.36. The fourth-order valence-corrected chi connectivity index (χ4v) is 2.90. The van der Waals surface area contributed by atoms with Crippen LogP contribution >= 0.6 is 0 Å². The molecule has 2 amide bonds. The average molecular weight is 341 g/mol. The second-order valence-corrected chi connectivity index (χ2v) is 6.17. The van der Waals surface area contributed by atoms with Crippen molar-refractivity contribution in [2.45, 2.75) is 31.9 Å². The number of amides is 2. The monoisotopic (exact) mass is 341 g/mol. The third kappa shape index (κ3) is 5.33. The Morgan fingerprint density at radius 3 is 2.88 bits per heavy atom. The van der Waals surface area contributed by atoms with Crippen molar-refractivity contribution in [1.29, 1.82) is 0 Å². The molecule has 0 radical (unpaired) electrons. The Morgan fingerprint density at radius 1 is 1.42 bits per heavy atom. The number of ether oxygens (including phenoxy) is 1. The van der Waals surface area contributed by atoms with Crippen LogP contribution in [-0.2, 0) is 6.42 Å². The fraction of sp³-hybridized carbons (Fsp3) is 0.588. The first-order valence-electron chi connectivity index (χ1n) is 8.19. The van der Waals surface area contributed by atoms with Gasteiger partial charge in [0, 0.05) is 25.7 Å². The molecule has 1 aliphatic heterocycles. The van der Waals surface area contributed by atoms with E-state index in [0.29, 0.717) is 31.1 Å². The van der Waals surface area contributed by atoms with E-state index in [2.05, 4.69) is 15.0 Å². The summed E-state index contributed by atoms with van der Waals surface area (Å²) in [6.45, 7) is -1.01. The zero-order chi connectivity index (χ0) is 17.5. The third-order valence-electron chi connectivity index (χ3n) is 4.27. The van der Waals surface area contributed by atoms with E-state index in [9.17, 15) is 13.6 Å². The summed E-state index contributed by atoms with van der Waals surface area (Å²) in [4.78, 5) is 16.2. The van der Waals surface area contributed by atoms with Gasteiger partial charge in [0.15, 0.2) is 0 Å². The van der Waals surface area contributed by atoms with E-state index in [4.69, 9.17) is 0 Å². The molecule has 0 aliphatic carbocycles. The molecule has 2 rings (SSSR count). The zero-order valence-corrected chi connectivity index (χ0v) is 14.2. The van der Waals surface area contributed by atoms with Crippen molar-refractivity contribution in [3.63, 3.8) is 0 Å². The molecular weight excluding hydrogens is 316 g/mol. The molecule has 5 nitrogen and oxygen atoms in total. The van der Waals surface area contributed by atoms with Gasteiger partial charge < -0.3 is 19.9 Å². The molecule has 1 N–H and O–H groups in total. The highest BCUT2D eigenvalue weighted by atomic mass is 19.3. The van der Waals surface area contributed by atoms with Gasteiger partial charge in [-0.15, -0.1) is 0 Å². The molecule has 0 aromatic heterocycles. The number of nitrogens with zero attached hydrogens (tertiary/aromatic N) is 2. The van der Waals surface area contributed by atoms with Crippen LogP contribution in [0.3, 0.4) is 0 Å². The van der Waals surface area contributed by atoms with Crippen molar-refractivity contribution in [2.75, 3.05) is 33.7 Å². The van der Waals surface area contributed by atoms with Crippen LogP contribution in [0.2, 0.25) is 0 Å². The van der Waals surface area contributed by atoms with E-state index in [1.165, 1.54) is 6.07 Å². The van der Waals surface area contributed by atoms with Crippen LogP contribution in [0, 0.1) is 0 Å². The Bertz CT molecular complexity index is 540. The topological polar surface area (TPSA) is 44.8 Å². The van der Waals surface area contributed by atoms with Crippen LogP contribution in [0.4, 0.5) is 13.6 Å². The van der Waals surface area contributed by atoms with Gasteiger partial charge in [-0.25, -0.2) is 4.79 Å². The van der Waals surface area contributed by atoms with Crippen LogP contribution in [-0.4, -0.2) is 62.2 Å². The Labute approximate surface area is 141 Å². The molecule has 0 unspecified atom stereocenters. The van der Waals surface area contributed by atoms with Crippen LogP contribution < -0.4 is 10.1 Å². The number of alkyl halides is 2. The quantitative estimate of drug-likeness (QED) is 0.865. The van der Waals surface area contributed by atoms with Gasteiger partial charge in [-0.1, -0.05) is 18.2 Å². The number of rotatable bonds is 6. The van der Waals surface area contributed by atoms with Crippen molar-refractivity contribution >= 4 is 6.03 Å². The molecule has 1 saturated heterocycles. The Balaban J connectivity index is 1.82. The number of carbonyl (C=O) groups is 1. The minimum atomic E-state index is -2.85. The molecule has 0 spiro atoms. The van der Waals surface area contributed by atoms with Gasteiger partial charge in [-0.3, -0.25) is 0 Å². The van der Waals surface area contributed by atoms with E-state index in [0.717, 1.165) is 19.4 Å². The molecule has 1 aromatic rings. The minimum absolute atomic E-state index is 0.103. The molecule has 1 fully saturated rings. The van der Waals surface area contributed by atoms with E-state index < -0.39 is 6.61 Å². The molecular formula is C17H25F2N3O2. The van der Waals surface area contributed by atoms with Crippen molar-refractivity contribution in [2.24, 2.45) is 0 Å². The largest absolute Gasteiger partial charge is 0.435 e. The lowest BCUT2D eigenvalue weighted by molar-refractivity contribution is -0.0504. The number of piperidine rings is 1. The smallest absolute Gasteiger partial charge is 0.387 e. The lowest BCUT2D eigenvalue weighted by Crippen LogP contribution is -2.50. The molecule has 1 aliphatic rings. The molecule has 0 bridgehead atoms. The van der Waals surface area contributed by atoms with Crippen LogP contribution in [0.25, 0.3) is 0 Å². The normalized spacial score (nSPS) is 18.1. The number of benzene rings is 1. The first-order chi connectivity index (χ1) is 11.5. The summed E-state index contributed by atoms with van der Waals surface area (Å²) in [6, 6.07) is 6.93. The molecule has 0 saturated carbocycles. The maximum Gasteiger partial charge on any atom is 0.387 e. The highest BCUT2D eigenvalue weighted by molar-refractivity contribution is 5.74. The molecule has 24 heavy (non-hydrogen) atoms. The number of hydrogen-bond acceptors (Lipinski definition) is 3. The number of hydrogen-bond donors (Lipinski definition) is 1. The van der Waals surface area contributed by atoms with Crippen molar-refractivity contribution in [3.8, 4) is 5.75 Å². The van der Waals surface area contributed by atoms with Gasteiger partial charge in [-0.2, -0.15) is 8.78 Å². The second-order valence-electron chi connectivity index (χ2n) is 6.17. The lowest BCUT2D eigenvalue weighted by atomic mass is 10.1. The van der Waals surface area contributed by atoms with Gasteiger partial charge in [0.1, 0.15) is 5.75 Å². The van der Waals surface area contributed by atoms with Crippen molar-refractivity contribution in [1.82, 2.24) is 15.1 Å². The summed E-state index contributed by atoms with van der Waals surface area (Å²) < 4.78 is 29.3. The molecule has 1 atom stereocenters. The third-order valence-corrected chi connectivity index (χ3v) is 4.27. The maximum atomic E-state index is 12.4. The Hall–Kier alpha value is -1.89. The van der Waals surface area contributed by atoms with Crippen molar-refractivity contribution in [3.05, 3.63) is 29.8 Å². The average Bonchev–Trinajstić information content (AvgIpc) is 2.56. The second kappa shape index (κ2) is 8.82. The first-order valence-corrected chi connectivity index (χ1v) is 8.19. The van der Waals surface area contributed by atoms with Gasteiger partial charge in [0.25, 0.3) is 0 Å². The van der Waals surface area contributed by atoms with Gasteiger partial charge in [-0.05, 0) is 45.0 Å². The highest BCUT2D eigenvalue weighted by Crippen LogP contribution is 2.20. The summed E-state index contributed by atoms with van der Waals surface area (Å²) in [5.41, 5.74) is 0.655. The van der Waals surface area contributed by atoms with E-state index in [-0.39, 0.29) is 11.8 Å². The number of urea groups is 1. The number of likely N-dealkylation sites (tertiary alicyclic amines) is 1. The summed E-state index contributed by atoms with van der Waals surface area (Å²) in [5, 5.41) is 2.87. The highest BCUT2D eigenvalue weighted by Gasteiger charge is 2.24. The molecule has 7 heteroatoms. The number of halogens is 2. The number of carbonyl (C=O) groups excluding carboxylic acids is 1. The fourth-order valence-electron chi connectivity index (χ4n) is 2.90. The predicted octanol–water partition coefficient (Wildman–Crippen LogP) is 2.57. The van der Waals surface area contributed by atoms with Crippen LogP contribution in [0.1, 0.15) is 18.4 Å². The predicted molar refractivity (Wildman–Crippen MR) is 88.5 cm³/mol.